The summed E-state index contributed by atoms with van der Waals surface area (Å²) in [5.41, 5.74) is 5.81. The number of hydrogen-bond donors (Lipinski definition) is 2. The van der Waals surface area contributed by atoms with Crippen molar-refractivity contribution in [2.24, 2.45) is 11.1 Å². The fraction of sp³-hybridized carbons (Fsp3) is 0.579. The molecule has 1 fully saturated rings. The van der Waals surface area contributed by atoms with Crippen molar-refractivity contribution in [3.63, 3.8) is 0 Å². The van der Waals surface area contributed by atoms with E-state index in [9.17, 15) is 9.59 Å². The average Bonchev–Trinajstić information content (AvgIpc) is 3.06. The molecule has 0 bridgehead atoms. The van der Waals surface area contributed by atoms with Gasteiger partial charge in [0.25, 0.3) is 5.91 Å². The molecule has 1 heterocycles. The van der Waals surface area contributed by atoms with E-state index < -0.39 is 6.04 Å². The number of thioether (sulfide) groups is 1. The van der Waals surface area contributed by atoms with Gasteiger partial charge in [-0.25, -0.2) is 0 Å². The van der Waals surface area contributed by atoms with E-state index in [1.165, 1.54) is 0 Å². The number of carbonyl (C=O) groups excluding carboxylic acids is 2. The van der Waals surface area contributed by atoms with E-state index in [1.54, 1.807) is 23.9 Å². The molecule has 8 heteroatoms. The van der Waals surface area contributed by atoms with Gasteiger partial charge in [-0.1, -0.05) is 25.1 Å². The summed E-state index contributed by atoms with van der Waals surface area (Å²) < 4.78 is 5.47. The predicted molar refractivity (Wildman–Crippen MR) is 112 cm³/mol. The van der Waals surface area contributed by atoms with Crippen molar-refractivity contribution >= 4 is 36.0 Å². The van der Waals surface area contributed by atoms with Crippen LogP contribution in [0.1, 0.15) is 19.8 Å². The highest BCUT2D eigenvalue weighted by molar-refractivity contribution is 7.98. The number of para-hydroxylation sites is 1. The number of ether oxygens (including phenoxy) is 1. The van der Waals surface area contributed by atoms with Crippen molar-refractivity contribution in [2.45, 2.75) is 25.8 Å². The third kappa shape index (κ3) is 7.24. The molecule has 2 unspecified atom stereocenters. The Hall–Kier alpha value is -1.44. The highest BCUT2D eigenvalue weighted by Crippen LogP contribution is 2.29. The van der Waals surface area contributed by atoms with Crippen LogP contribution >= 0.6 is 24.2 Å². The molecular weight excluding hydrogens is 386 g/mol. The molecule has 1 aromatic carbocycles. The maximum atomic E-state index is 12.9. The Morgan fingerprint density at radius 1 is 1.37 bits per heavy atom. The zero-order valence-corrected chi connectivity index (χ0v) is 17.6. The number of amides is 2. The standard InChI is InChI=1S/C19H29N3O3S.ClH/c1-19(13-20)9-10-22(14-19)18(24)16(8-11-26-2)21-17(23)12-25-15-6-4-3-5-7-15;/h3-7,16H,8-14,20H2,1-2H3,(H,21,23);1H. The first-order valence-electron chi connectivity index (χ1n) is 8.92. The summed E-state index contributed by atoms with van der Waals surface area (Å²) in [4.78, 5) is 27.0. The van der Waals surface area contributed by atoms with Gasteiger partial charge in [0.2, 0.25) is 5.91 Å². The smallest absolute Gasteiger partial charge is 0.258 e. The first-order valence-corrected chi connectivity index (χ1v) is 10.3. The van der Waals surface area contributed by atoms with Crippen LogP contribution in [0.4, 0.5) is 0 Å². The minimum absolute atomic E-state index is 0. The Bertz CT molecular complexity index is 605. The Kier molecular flexibility index (Phi) is 9.98. The topological polar surface area (TPSA) is 84.7 Å². The van der Waals surface area contributed by atoms with Gasteiger partial charge in [-0.05, 0) is 48.9 Å². The molecule has 2 rings (SSSR count). The zero-order valence-electron chi connectivity index (χ0n) is 16.0. The second-order valence-electron chi connectivity index (χ2n) is 7.03. The van der Waals surface area contributed by atoms with E-state index in [0.717, 1.165) is 12.2 Å². The van der Waals surface area contributed by atoms with Gasteiger partial charge in [0, 0.05) is 13.1 Å². The van der Waals surface area contributed by atoms with Crippen LogP contribution in [0.15, 0.2) is 30.3 Å². The van der Waals surface area contributed by atoms with Crippen molar-refractivity contribution in [3.8, 4) is 5.75 Å². The normalized spacial score (nSPS) is 19.9. The number of rotatable bonds is 9. The van der Waals surface area contributed by atoms with Crippen molar-refractivity contribution in [3.05, 3.63) is 30.3 Å². The fourth-order valence-corrected chi connectivity index (χ4v) is 3.46. The van der Waals surface area contributed by atoms with Crippen LogP contribution in [0.5, 0.6) is 5.75 Å². The molecule has 152 valence electrons. The van der Waals surface area contributed by atoms with Crippen molar-refractivity contribution in [2.75, 3.05) is 38.2 Å². The molecule has 0 spiro atoms. The van der Waals surface area contributed by atoms with Gasteiger partial charge in [0.1, 0.15) is 11.8 Å². The third-order valence-electron chi connectivity index (χ3n) is 4.72. The molecule has 6 nitrogen and oxygen atoms in total. The van der Waals surface area contributed by atoms with E-state index in [1.807, 2.05) is 29.4 Å². The Balaban J connectivity index is 0.00000364. The molecular formula is C19H30ClN3O3S. The van der Waals surface area contributed by atoms with Crippen LogP contribution in [-0.4, -0.2) is 61.0 Å². The SMILES string of the molecule is CSCCC(NC(=O)COc1ccccc1)C(=O)N1CCC(C)(CN)C1.Cl. The van der Waals surface area contributed by atoms with Crippen molar-refractivity contribution in [1.82, 2.24) is 10.2 Å². The Labute approximate surface area is 172 Å². The predicted octanol–water partition coefficient (Wildman–Crippen LogP) is 1.92. The molecule has 2 amide bonds. The van der Waals surface area contributed by atoms with E-state index in [0.29, 0.717) is 31.8 Å². The largest absolute Gasteiger partial charge is 0.484 e. The summed E-state index contributed by atoms with van der Waals surface area (Å²) in [6, 6.07) is 8.65. The molecule has 27 heavy (non-hydrogen) atoms. The third-order valence-corrected chi connectivity index (χ3v) is 5.36. The van der Waals surface area contributed by atoms with Gasteiger partial charge in [-0.3, -0.25) is 9.59 Å². The maximum absolute atomic E-state index is 12.9. The molecule has 3 N–H and O–H groups in total. The monoisotopic (exact) mass is 415 g/mol. The lowest BCUT2D eigenvalue weighted by molar-refractivity contribution is -0.136. The van der Waals surface area contributed by atoms with Gasteiger partial charge in [-0.2, -0.15) is 11.8 Å². The van der Waals surface area contributed by atoms with Gasteiger partial charge in [0.05, 0.1) is 0 Å². The molecule has 1 aliphatic rings. The lowest BCUT2D eigenvalue weighted by Crippen LogP contribution is -2.50. The van der Waals surface area contributed by atoms with Crippen molar-refractivity contribution in [1.29, 1.82) is 0 Å². The number of nitrogens with two attached hydrogens (primary N) is 1. The lowest BCUT2D eigenvalue weighted by Gasteiger charge is -2.26. The number of benzene rings is 1. The van der Waals surface area contributed by atoms with E-state index in [-0.39, 0.29) is 36.2 Å². The molecule has 0 saturated carbocycles. The van der Waals surface area contributed by atoms with Crippen LogP contribution in [0, 0.1) is 5.41 Å². The Morgan fingerprint density at radius 3 is 2.67 bits per heavy atom. The highest BCUT2D eigenvalue weighted by Gasteiger charge is 2.37. The zero-order chi connectivity index (χ0) is 19.0. The number of nitrogens with zero attached hydrogens (tertiary/aromatic N) is 1. The quantitative estimate of drug-likeness (QED) is 0.643. The summed E-state index contributed by atoms with van der Waals surface area (Å²) in [6.45, 7) is 3.90. The number of hydrogen-bond acceptors (Lipinski definition) is 5. The van der Waals surface area contributed by atoms with E-state index >= 15 is 0 Å². The number of halogens is 1. The first-order chi connectivity index (χ1) is 12.5. The van der Waals surface area contributed by atoms with Gasteiger partial charge in [-0.15, -0.1) is 12.4 Å². The number of nitrogens with one attached hydrogen (secondary N) is 1. The van der Waals surface area contributed by atoms with Crippen LogP contribution in [0.2, 0.25) is 0 Å². The number of likely N-dealkylation sites (tertiary alicyclic amines) is 1. The fourth-order valence-electron chi connectivity index (χ4n) is 2.99. The molecule has 0 aliphatic carbocycles. The average molecular weight is 416 g/mol. The number of carbonyl (C=O) groups is 2. The molecule has 1 aliphatic heterocycles. The minimum atomic E-state index is -0.519. The van der Waals surface area contributed by atoms with Crippen molar-refractivity contribution < 1.29 is 14.3 Å². The van der Waals surface area contributed by atoms with Crippen LogP contribution in [-0.2, 0) is 9.59 Å². The molecule has 2 atom stereocenters. The molecule has 0 radical (unpaired) electrons. The second kappa shape index (κ2) is 11.4. The first kappa shape index (κ1) is 23.6. The van der Waals surface area contributed by atoms with Crippen LogP contribution < -0.4 is 15.8 Å². The Morgan fingerprint density at radius 2 is 2.07 bits per heavy atom. The summed E-state index contributed by atoms with van der Waals surface area (Å²) in [5.74, 6) is 1.13. The van der Waals surface area contributed by atoms with Crippen LogP contribution in [0.3, 0.4) is 0 Å². The van der Waals surface area contributed by atoms with E-state index in [4.69, 9.17) is 10.5 Å². The summed E-state index contributed by atoms with van der Waals surface area (Å²) >= 11 is 1.66. The maximum Gasteiger partial charge on any atom is 0.258 e. The molecule has 0 aromatic heterocycles. The van der Waals surface area contributed by atoms with E-state index in [2.05, 4.69) is 12.2 Å². The minimum Gasteiger partial charge on any atom is -0.484 e. The highest BCUT2D eigenvalue weighted by atomic mass is 35.5. The van der Waals surface area contributed by atoms with Gasteiger partial charge >= 0.3 is 0 Å². The lowest BCUT2D eigenvalue weighted by atomic mass is 9.90. The molecule has 1 aromatic rings. The van der Waals surface area contributed by atoms with Gasteiger partial charge in [0.15, 0.2) is 6.61 Å². The second-order valence-corrected chi connectivity index (χ2v) is 8.01. The summed E-state index contributed by atoms with van der Waals surface area (Å²) in [5, 5.41) is 2.84. The van der Waals surface area contributed by atoms with Crippen LogP contribution in [0.25, 0.3) is 0 Å². The molecule has 1 saturated heterocycles. The summed E-state index contributed by atoms with van der Waals surface area (Å²) in [6.07, 6.45) is 3.49. The van der Waals surface area contributed by atoms with Gasteiger partial charge < -0.3 is 20.7 Å². The summed E-state index contributed by atoms with van der Waals surface area (Å²) in [7, 11) is 0.